The standard InChI is InChI=1S/C11H15ClN2O2.ClH/c1-7-5-8(12)3-4-9(7)14-11(15)10(6-13)16-2;/h3-5,10H,6,13H2,1-2H3,(H,14,15);1H. The molecule has 0 radical (unpaired) electrons. The Morgan fingerprint density at radius 1 is 1.59 bits per heavy atom. The van der Waals surface area contributed by atoms with Crippen molar-refractivity contribution in [1.29, 1.82) is 0 Å². The van der Waals surface area contributed by atoms with Crippen molar-refractivity contribution in [3.63, 3.8) is 0 Å². The summed E-state index contributed by atoms with van der Waals surface area (Å²) in [7, 11) is 1.45. The summed E-state index contributed by atoms with van der Waals surface area (Å²) in [6.07, 6.45) is -0.630. The molecule has 0 fully saturated rings. The SMILES string of the molecule is COC(CN)C(=O)Nc1ccc(Cl)cc1C.Cl. The van der Waals surface area contributed by atoms with Crippen LogP contribution in [0, 0.1) is 6.92 Å². The first-order valence-corrected chi connectivity index (χ1v) is 5.26. The zero-order chi connectivity index (χ0) is 12.1. The third-order valence-corrected chi connectivity index (χ3v) is 2.47. The van der Waals surface area contributed by atoms with Gasteiger partial charge in [-0.15, -0.1) is 12.4 Å². The lowest BCUT2D eigenvalue weighted by atomic mass is 10.2. The number of amides is 1. The van der Waals surface area contributed by atoms with Gasteiger partial charge in [-0.25, -0.2) is 0 Å². The van der Waals surface area contributed by atoms with Gasteiger partial charge in [-0.05, 0) is 30.7 Å². The second-order valence-electron chi connectivity index (χ2n) is 3.41. The van der Waals surface area contributed by atoms with Crippen molar-refractivity contribution in [1.82, 2.24) is 0 Å². The fourth-order valence-electron chi connectivity index (χ4n) is 1.29. The third-order valence-electron chi connectivity index (χ3n) is 2.24. The lowest BCUT2D eigenvalue weighted by molar-refractivity contribution is -0.125. The van der Waals surface area contributed by atoms with Crippen LogP contribution in [0.15, 0.2) is 18.2 Å². The van der Waals surface area contributed by atoms with Crippen LogP contribution in [0.5, 0.6) is 0 Å². The molecule has 6 heteroatoms. The molecule has 1 atom stereocenters. The molecule has 17 heavy (non-hydrogen) atoms. The van der Waals surface area contributed by atoms with E-state index in [1.54, 1.807) is 18.2 Å². The molecule has 0 saturated heterocycles. The van der Waals surface area contributed by atoms with Crippen molar-refractivity contribution in [2.24, 2.45) is 5.73 Å². The molecule has 0 saturated carbocycles. The van der Waals surface area contributed by atoms with Crippen LogP contribution >= 0.6 is 24.0 Å². The quantitative estimate of drug-likeness (QED) is 0.885. The molecule has 1 rings (SSSR count). The summed E-state index contributed by atoms with van der Waals surface area (Å²) in [5.41, 5.74) is 7.00. The van der Waals surface area contributed by atoms with E-state index in [2.05, 4.69) is 5.32 Å². The van der Waals surface area contributed by atoms with Crippen LogP contribution in [0.25, 0.3) is 0 Å². The number of carbonyl (C=O) groups is 1. The molecule has 1 unspecified atom stereocenters. The Labute approximate surface area is 112 Å². The van der Waals surface area contributed by atoms with Crippen LogP contribution in [0.1, 0.15) is 5.56 Å². The van der Waals surface area contributed by atoms with Crippen LogP contribution < -0.4 is 11.1 Å². The summed E-state index contributed by atoms with van der Waals surface area (Å²) in [6, 6.07) is 5.24. The second kappa shape index (κ2) is 7.50. The molecule has 3 N–H and O–H groups in total. The van der Waals surface area contributed by atoms with Gasteiger partial charge in [0.25, 0.3) is 5.91 Å². The maximum absolute atomic E-state index is 11.7. The van der Waals surface area contributed by atoms with Gasteiger partial charge < -0.3 is 15.8 Å². The summed E-state index contributed by atoms with van der Waals surface area (Å²) in [5, 5.41) is 3.37. The minimum atomic E-state index is -0.630. The van der Waals surface area contributed by atoms with Crippen LogP contribution in [-0.4, -0.2) is 25.7 Å². The lowest BCUT2D eigenvalue weighted by Gasteiger charge is -2.14. The highest BCUT2D eigenvalue weighted by Gasteiger charge is 2.16. The molecule has 1 amide bonds. The van der Waals surface area contributed by atoms with Crippen molar-refractivity contribution in [3.8, 4) is 0 Å². The molecule has 1 aromatic carbocycles. The Balaban J connectivity index is 0.00000256. The predicted molar refractivity (Wildman–Crippen MR) is 71.9 cm³/mol. The summed E-state index contributed by atoms with van der Waals surface area (Å²) >= 11 is 5.81. The number of benzene rings is 1. The number of nitrogens with two attached hydrogens (primary N) is 1. The molecule has 0 aliphatic carbocycles. The Bertz CT molecular complexity index is 382. The van der Waals surface area contributed by atoms with Crippen LogP contribution in [-0.2, 0) is 9.53 Å². The molecular formula is C11H16Cl2N2O2. The Morgan fingerprint density at radius 2 is 2.24 bits per heavy atom. The first-order valence-electron chi connectivity index (χ1n) is 4.88. The van der Waals surface area contributed by atoms with Crippen LogP contribution in [0.3, 0.4) is 0 Å². The average molecular weight is 279 g/mol. The zero-order valence-corrected chi connectivity index (χ0v) is 11.3. The van der Waals surface area contributed by atoms with Gasteiger partial charge in [0.15, 0.2) is 0 Å². The number of carbonyl (C=O) groups excluding carboxylic acids is 1. The summed E-state index contributed by atoms with van der Waals surface area (Å²) < 4.78 is 4.93. The number of halogens is 2. The predicted octanol–water partition coefficient (Wildman–Crippen LogP) is 1.98. The number of ether oxygens (including phenoxy) is 1. The minimum Gasteiger partial charge on any atom is -0.370 e. The van der Waals surface area contributed by atoms with E-state index in [4.69, 9.17) is 22.1 Å². The highest BCUT2D eigenvalue weighted by Crippen LogP contribution is 2.19. The van der Waals surface area contributed by atoms with Gasteiger partial charge in [-0.1, -0.05) is 11.6 Å². The lowest BCUT2D eigenvalue weighted by Crippen LogP contribution is -2.36. The van der Waals surface area contributed by atoms with E-state index in [9.17, 15) is 4.79 Å². The Morgan fingerprint density at radius 3 is 2.71 bits per heavy atom. The van der Waals surface area contributed by atoms with E-state index in [1.807, 2.05) is 6.92 Å². The number of methoxy groups -OCH3 is 1. The van der Waals surface area contributed by atoms with E-state index >= 15 is 0 Å². The molecule has 0 aromatic heterocycles. The van der Waals surface area contributed by atoms with Crippen molar-refractivity contribution in [3.05, 3.63) is 28.8 Å². The number of rotatable bonds is 4. The molecule has 0 bridgehead atoms. The van der Waals surface area contributed by atoms with E-state index in [1.165, 1.54) is 7.11 Å². The average Bonchev–Trinajstić information content (AvgIpc) is 2.24. The second-order valence-corrected chi connectivity index (χ2v) is 3.84. The van der Waals surface area contributed by atoms with Crippen molar-refractivity contribution in [2.75, 3.05) is 19.0 Å². The minimum absolute atomic E-state index is 0. The monoisotopic (exact) mass is 278 g/mol. The van der Waals surface area contributed by atoms with Gasteiger partial charge in [-0.3, -0.25) is 4.79 Å². The first-order chi connectivity index (χ1) is 7.58. The largest absolute Gasteiger partial charge is 0.370 e. The van der Waals surface area contributed by atoms with E-state index < -0.39 is 6.10 Å². The number of aryl methyl sites for hydroxylation is 1. The van der Waals surface area contributed by atoms with Crippen LogP contribution in [0.2, 0.25) is 5.02 Å². The fraction of sp³-hybridized carbons (Fsp3) is 0.364. The Kier molecular flexibility index (Phi) is 7.15. The highest BCUT2D eigenvalue weighted by atomic mass is 35.5. The van der Waals surface area contributed by atoms with E-state index in [-0.39, 0.29) is 24.9 Å². The van der Waals surface area contributed by atoms with Crippen molar-refractivity contribution in [2.45, 2.75) is 13.0 Å². The fourth-order valence-corrected chi connectivity index (χ4v) is 1.52. The zero-order valence-electron chi connectivity index (χ0n) is 9.70. The van der Waals surface area contributed by atoms with Crippen molar-refractivity contribution < 1.29 is 9.53 Å². The number of hydrogen-bond donors (Lipinski definition) is 2. The summed E-state index contributed by atoms with van der Waals surface area (Å²) in [5.74, 6) is -0.254. The first kappa shape index (κ1) is 16.2. The van der Waals surface area contributed by atoms with Gasteiger partial charge in [-0.2, -0.15) is 0 Å². The smallest absolute Gasteiger partial charge is 0.254 e. The molecule has 1 aromatic rings. The van der Waals surface area contributed by atoms with Gasteiger partial charge in [0, 0.05) is 24.4 Å². The molecule has 0 spiro atoms. The molecule has 96 valence electrons. The molecule has 0 aliphatic heterocycles. The summed E-state index contributed by atoms with van der Waals surface area (Å²) in [6.45, 7) is 2.01. The molecular weight excluding hydrogens is 263 g/mol. The molecule has 4 nitrogen and oxygen atoms in total. The highest BCUT2D eigenvalue weighted by molar-refractivity contribution is 6.30. The number of nitrogens with one attached hydrogen (secondary N) is 1. The topological polar surface area (TPSA) is 64.3 Å². The third kappa shape index (κ3) is 4.52. The number of anilines is 1. The van der Waals surface area contributed by atoms with Gasteiger partial charge in [0.05, 0.1) is 0 Å². The molecule has 0 heterocycles. The molecule has 0 aliphatic rings. The van der Waals surface area contributed by atoms with E-state index in [0.717, 1.165) is 5.56 Å². The maximum Gasteiger partial charge on any atom is 0.254 e. The summed E-state index contributed by atoms with van der Waals surface area (Å²) in [4.78, 5) is 11.7. The van der Waals surface area contributed by atoms with Crippen molar-refractivity contribution >= 4 is 35.6 Å². The van der Waals surface area contributed by atoms with Crippen LogP contribution in [0.4, 0.5) is 5.69 Å². The van der Waals surface area contributed by atoms with E-state index in [0.29, 0.717) is 10.7 Å². The maximum atomic E-state index is 11.7. The number of hydrogen-bond acceptors (Lipinski definition) is 3. The Hall–Kier alpha value is -0.810. The van der Waals surface area contributed by atoms with Gasteiger partial charge >= 0.3 is 0 Å². The normalized spacial score (nSPS) is 11.5. The van der Waals surface area contributed by atoms with Gasteiger partial charge in [0.1, 0.15) is 6.10 Å². The van der Waals surface area contributed by atoms with Gasteiger partial charge in [0.2, 0.25) is 0 Å².